The molecule has 126 valence electrons. The Morgan fingerprint density at radius 3 is 2.50 bits per heavy atom. The lowest BCUT2D eigenvalue weighted by atomic mass is 9.94. The standard InChI is InChI=1S/C15H26N2O4S/c1-5-6-7-10(13(19)20)16-12(18)11-8-22-9-17(11)14(21)15(2,3)4/h10-11H,5-9H2,1-4H3,(H,16,18)(H,19,20)/t10-,11?/m0/s1. The van der Waals surface area contributed by atoms with E-state index >= 15 is 0 Å². The van der Waals surface area contributed by atoms with Gasteiger partial charge in [-0.3, -0.25) is 9.59 Å². The van der Waals surface area contributed by atoms with E-state index < -0.39 is 23.5 Å². The number of carbonyl (C=O) groups excluding carboxylic acids is 2. The number of nitrogens with zero attached hydrogens (tertiary/aromatic N) is 1. The molecule has 2 N–H and O–H groups in total. The maximum absolute atomic E-state index is 12.4. The molecule has 0 spiro atoms. The van der Waals surface area contributed by atoms with Crippen molar-refractivity contribution >= 4 is 29.5 Å². The minimum Gasteiger partial charge on any atom is -0.480 e. The van der Waals surface area contributed by atoms with Crippen LogP contribution in [-0.4, -0.2) is 51.5 Å². The Hall–Kier alpha value is -1.24. The molecule has 0 saturated carbocycles. The molecular weight excluding hydrogens is 304 g/mol. The Morgan fingerprint density at radius 1 is 1.36 bits per heavy atom. The molecule has 1 aliphatic heterocycles. The first kappa shape index (κ1) is 18.8. The summed E-state index contributed by atoms with van der Waals surface area (Å²) < 4.78 is 0. The molecule has 1 heterocycles. The van der Waals surface area contributed by atoms with Gasteiger partial charge in [0.15, 0.2) is 0 Å². The highest BCUT2D eigenvalue weighted by atomic mass is 32.2. The van der Waals surface area contributed by atoms with Gasteiger partial charge in [0, 0.05) is 11.2 Å². The maximum atomic E-state index is 12.4. The fourth-order valence-electron chi connectivity index (χ4n) is 2.22. The number of nitrogens with one attached hydrogen (secondary N) is 1. The highest BCUT2D eigenvalue weighted by molar-refractivity contribution is 7.99. The molecule has 1 fully saturated rings. The van der Waals surface area contributed by atoms with E-state index in [0.717, 1.165) is 12.8 Å². The number of carboxylic acid groups (broad SMARTS) is 1. The number of amides is 2. The van der Waals surface area contributed by atoms with Gasteiger partial charge >= 0.3 is 5.97 Å². The van der Waals surface area contributed by atoms with Crippen LogP contribution in [-0.2, 0) is 14.4 Å². The van der Waals surface area contributed by atoms with E-state index in [0.29, 0.717) is 18.1 Å². The molecule has 1 rings (SSSR count). The van der Waals surface area contributed by atoms with Crippen molar-refractivity contribution in [2.75, 3.05) is 11.6 Å². The summed E-state index contributed by atoms with van der Waals surface area (Å²) in [6.07, 6.45) is 2.01. The SMILES string of the molecule is CCCC[C@H](NC(=O)C1CSCN1C(=O)C(C)(C)C)C(=O)O. The smallest absolute Gasteiger partial charge is 0.326 e. The van der Waals surface area contributed by atoms with Crippen molar-refractivity contribution in [2.24, 2.45) is 5.41 Å². The predicted octanol–water partition coefficient (Wildman–Crippen LogP) is 1.69. The third kappa shape index (κ3) is 4.90. The zero-order chi connectivity index (χ0) is 16.9. The van der Waals surface area contributed by atoms with Crippen LogP contribution in [0, 0.1) is 5.41 Å². The molecule has 0 aromatic heterocycles. The number of carboxylic acids is 1. The molecule has 2 atom stereocenters. The predicted molar refractivity (Wildman–Crippen MR) is 86.5 cm³/mol. The van der Waals surface area contributed by atoms with E-state index in [-0.39, 0.29) is 11.8 Å². The van der Waals surface area contributed by atoms with Crippen molar-refractivity contribution in [2.45, 2.75) is 59.0 Å². The van der Waals surface area contributed by atoms with Crippen molar-refractivity contribution < 1.29 is 19.5 Å². The Morgan fingerprint density at radius 2 is 2.00 bits per heavy atom. The lowest BCUT2D eigenvalue weighted by Crippen LogP contribution is -2.53. The summed E-state index contributed by atoms with van der Waals surface area (Å²) in [5.41, 5.74) is -0.558. The molecule has 0 aliphatic carbocycles. The van der Waals surface area contributed by atoms with Gasteiger partial charge < -0.3 is 15.3 Å². The van der Waals surface area contributed by atoms with Gasteiger partial charge in [-0.25, -0.2) is 4.79 Å². The highest BCUT2D eigenvalue weighted by Crippen LogP contribution is 2.27. The number of rotatable bonds is 6. The van der Waals surface area contributed by atoms with E-state index in [2.05, 4.69) is 5.32 Å². The molecule has 22 heavy (non-hydrogen) atoms. The van der Waals surface area contributed by atoms with Crippen LogP contribution >= 0.6 is 11.8 Å². The first-order chi connectivity index (χ1) is 10.2. The van der Waals surface area contributed by atoms with Gasteiger partial charge in [0.05, 0.1) is 5.88 Å². The molecule has 7 heteroatoms. The van der Waals surface area contributed by atoms with Crippen LogP contribution in [0.25, 0.3) is 0 Å². The van der Waals surface area contributed by atoms with Gasteiger partial charge in [-0.1, -0.05) is 40.5 Å². The molecule has 1 saturated heterocycles. The monoisotopic (exact) mass is 330 g/mol. The highest BCUT2D eigenvalue weighted by Gasteiger charge is 2.39. The van der Waals surface area contributed by atoms with Crippen LogP contribution < -0.4 is 5.32 Å². The number of carbonyl (C=O) groups is 3. The lowest BCUT2D eigenvalue weighted by molar-refractivity contribution is -0.146. The molecule has 1 unspecified atom stereocenters. The van der Waals surface area contributed by atoms with Crippen LogP contribution in [0.2, 0.25) is 0 Å². The number of unbranched alkanes of at least 4 members (excludes halogenated alkanes) is 1. The zero-order valence-corrected chi connectivity index (χ0v) is 14.5. The Balaban J connectivity index is 2.74. The number of hydrogen-bond donors (Lipinski definition) is 2. The van der Waals surface area contributed by atoms with Gasteiger partial charge in [-0.05, 0) is 6.42 Å². The summed E-state index contributed by atoms with van der Waals surface area (Å²) in [4.78, 5) is 37.6. The fraction of sp³-hybridized carbons (Fsp3) is 0.800. The van der Waals surface area contributed by atoms with E-state index in [9.17, 15) is 19.5 Å². The van der Waals surface area contributed by atoms with Gasteiger partial charge in [-0.2, -0.15) is 0 Å². The third-order valence-electron chi connectivity index (χ3n) is 3.55. The van der Waals surface area contributed by atoms with Crippen molar-refractivity contribution in [3.8, 4) is 0 Å². The molecule has 0 radical (unpaired) electrons. The Labute approximate surface area is 136 Å². The first-order valence-electron chi connectivity index (χ1n) is 7.60. The average Bonchev–Trinajstić information content (AvgIpc) is 2.90. The molecule has 2 amide bonds. The second-order valence-corrected chi connectivity index (χ2v) is 7.58. The first-order valence-corrected chi connectivity index (χ1v) is 8.76. The molecule has 6 nitrogen and oxygen atoms in total. The fourth-order valence-corrected chi connectivity index (χ4v) is 3.38. The molecule has 0 aromatic rings. The number of aliphatic carboxylic acids is 1. The van der Waals surface area contributed by atoms with Gasteiger partial charge in [0.25, 0.3) is 0 Å². The molecule has 1 aliphatic rings. The van der Waals surface area contributed by atoms with E-state index in [4.69, 9.17) is 0 Å². The second-order valence-electron chi connectivity index (χ2n) is 6.58. The van der Waals surface area contributed by atoms with Gasteiger partial charge in [0.2, 0.25) is 11.8 Å². The maximum Gasteiger partial charge on any atom is 0.326 e. The lowest BCUT2D eigenvalue weighted by Gasteiger charge is -2.30. The number of hydrogen-bond acceptors (Lipinski definition) is 4. The van der Waals surface area contributed by atoms with Gasteiger partial charge in [-0.15, -0.1) is 11.8 Å². The summed E-state index contributed by atoms with van der Waals surface area (Å²) in [5.74, 6) is -0.500. The van der Waals surface area contributed by atoms with Crippen LogP contribution in [0.1, 0.15) is 47.0 Å². The summed E-state index contributed by atoms with van der Waals surface area (Å²) >= 11 is 1.51. The van der Waals surface area contributed by atoms with Crippen molar-refractivity contribution in [3.63, 3.8) is 0 Å². The van der Waals surface area contributed by atoms with E-state index in [1.807, 2.05) is 27.7 Å². The van der Waals surface area contributed by atoms with Crippen LogP contribution in [0.3, 0.4) is 0 Å². The van der Waals surface area contributed by atoms with Crippen molar-refractivity contribution in [3.05, 3.63) is 0 Å². The van der Waals surface area contributed by atoms with Crippen LogP contribution in [0.5, 0.6) is 0 Å². The second kappa shape index (κ2) is 7.85. The van der Waals surface area contributed by atoms with Crippen LogP contribution in [0.4, 0.5) is 0 Å². The average molecular weight is 330 g/mol. The molecule has 0 bridgehead atoms. The zero-order valence-electron chi connectivity index (χ0n) is 13.7. The van der Waals surface area contributed by atoms with Crippen molar-refractivity contribution in [1.29, 1.82) is 0 Å². The van der Waals surface area contributed by atoms with E-state index in [1.165, 1.54) is 11.8 Å². The minimum absolute atomic E-state index is 0.0851. The topological polar surface area (TPSA) is 86.7 Å². The summed E-state index contributed by atoms with van der Waals surface area (Å²) in [5, 5.41) is 11.8. The Bertz CT molecular complexity index is 434. The summed E-state index contributed by atoms with van der Waals surface area (Å²) in [6.45, 7) is 7.41. The van der Waals surface area contributed by atoms with Crippen LogP contribution in [0.15, 0.2) is 0 Å². The largest absolute Gasteiger partial charge is 0.480 e. The minimum atomic E-state index is -1.03. The number of thioether (sulfide) groups is 1. The van der Waals surface area contributed by atoms with E-state index in [1.54, 1.807) is 4.90 Å². The van der Waals surface area contributed by atoms with Crippen molar-refractivity contribution in [1.82, 2.24) is 10.2 Å². The molecule has 0 aromatic carbocycles. The van der Waals surface area contributed by atoms with Gasteiger partial charge in [0.1, 0.15) is 12.1 Å². The Kier molecular flexibility index (Phi) is 6.71. The quantitative estimate of drug-likeness (QED) is 0.774. The summed E-state index contributed by atoms with van der Waals surface area (Å²) in [6, 6.07) is -1.47. The normalized spacial score (nSPS) is 19.8. The summed E-state index contributed by atoms with van der Waals surface area (Å²) in [7, 11) is 0. The third-order valence-corrected chi connectivity index (χ3v) is 4.56. The molecular formula is C15H26N2O4S.